The summed E-state index contributed by atoms with van der Waals surface area (Å²) in [6, 6.07) is 6.96. The monoisotopic (exact) mass is 409 g/mol. The van der Waals surface area contributed by atoms with Gasteiger partial charge in [-0.05, 0) is 64.2 Å². The van der Waals surface area contributed by atoms with E-state index in [4.69, 9.17) is 16.3 Å². The van der Waals surface area contributed by atoms with Crippen LogP contribution in [0.1, 0.15) is 52.0 Å². The molecule has 7 nitrogen and oxygen atoms in total. The largest absolute Gasteiger partial charge is 0.444 e. The molecular formula is C20H28ClN3O4. The Morgan fingerprint density at radius 3 is 2.21 bits per heavy atom. The number of nitrogens with one attached hydrogen (secondary N) is 3. The smallest absolute Gasteiger partial charge is 0.407 e. The van der Waals surface area contributed by atoms with Gasteiger partial charge >= 0.3 is 6.09 Å². The van der Waals surface area contributed by atoms with Crippen LogP contribution in [0.15, 0.2) is 24.3 Å². The van der Waals surface area contributed by atoms with E-state index in [9.17, 15) is 14.4 Å². The molecule has 0 radical (unpaired) electrons. The van der Waals surface area contributed by atoms with Gasteiger partial charge in [-0.2, -0.15) is 0 Å². The molecule has 0 atom stereocenters. The van der Waals surface area contributed by atoms with Crippen molar-refractivity contribution in [3.05, 3.63) is 34.9 Å². The number of halogens is 1. The zero-order valence-corrected chi connectivity index (χ0v) is 17.3. The van der Waals surface area contributed by atoms with Crippen LogP contribution in [0.3, 0.4) is 0 Å². The highest BCUT2D eigenvalue weighted by atomic mass is 35.5. The summed E-state index contributed by atoms with van der Waals surface area (Å²) < 4.78 is 5.25. The van der Waals surface area contributed by atoms with Crippen LogP contribution in [0.25, 0.3) is 0 Å². The molecule has 8 heteroatoms. The lowest BCUT2D eigenvalue weighted by Crippen LogP contribution is -2.47. The lowest BCUT2D eigenvalue weighted by Gasteiger charge is -2.29. The fourth-order valence-electron chi connectivity index (χ4n) is 3.04. The maximum absolute atomic E-state index is 12.3. The van der Waals surface area contributed by atoms with Crippen molar-refractivity contribution in [1.82, 2.24) is 16.2 Å². The number of hydrazine groups is 1. The third-order valence-corrected chi connectivity index (χ3v) is 4.67. The summed E-state index contributed by atoms with van der Waals surface area (Å²) in [5, 5.41) is 3.45. The molecule has 0 aliphatic heterocycles. The predicted molar refractivity (Wildman–Crippen MR) is 107 cm³/mol. The Morgan fingerprint density at radius 1 is 1.04 bits per heavy atom. The molecule has 0 heterocycles. The summed E-state index contributed by atoms with van der Waals surface area (Å²) in [5.41, 5.74) is 5.22. The van der Waals surface area contributed by atoms with Crippen LogP contribution in [-0.4, -0.2) is 29.6 Å². The number of hydrogen-bond acceptors (Lipinski definition) is 4. The van der Waals surface area contributed by atoms with Crippen LogP contribution in [0.2, 0.25) is 5.02 Å². The van der Waals surface area contributed by atoms with E-state index in [0.29, 0.717) is 30.7 Å². The maximum Gasteiger partial charge on any atom is 0.407 e. The Morgan fingerprint density at radius 2 is 1.64 bits per heavy atom. The first-order chi connectivity index (χ1) is 13.1. The second-order valence-electron chi connectivity index (χ2n) is 8.04. The molecule has 2 rings (SSSR count). The van der Waals surface area contributed by atoms with E-state index >= 15 is 0 Å². The van der Waals surface area contributed by atoms with Crippen molar-refractivity contribution in [1.29, 1.82) is 0 Å². The summed E-state index contributed by atoms with van der Waals surface area (Å²) in [6.45, 7) is 5.44. The van der Waals surface area contributed by atoms with Crippen molar-refractivity contribution in [2.45, 2.75) is 64.5 Å². The quantitative estimate of drug-likeness (QED) is 0.665. The third kappa shape index (κ3) is 7.76. The summed E-state index contributed by atoms with van der Waals surface area (Å²) in [7, 11) is 0. The van der Waals surface area contributed by atoms with Crippen LogP contribution in [-0.2, 0) is 20.7 Å². The molecule has 3 amide bonds. The van der Waals surface area contributed by atoms with Crippen molar-refractivity contribution in [3.8, 4) is 0 Å². The molecule has 1 aromatic carbocycles. The standard InChI is InChI=1S/C20H28ClN3O4/c1-20(2,3)28-19(27)22-16-10-6-14(7-11-16)18(26)24-23-17(25)12-13-4-8-15(21)9-5-13/h4-5,8-9,14,16H,6-7,10-12H2,1-3H3,(H,22,27)(H,23,25)(H,24,26). The maximum atomic E-state index is 12.3. The number of rotatable bonds is 4. The molecule has 3 N–H and O–H groups in total. The lowest BCUT2D eigenvalue weighted by atomic mass is 9.85. The van der Waals surface area contributed by atoms with Crippen molar-refractivity contribution < 1.29 is 19.1 Å². The van der Waals surface area contributed by atoms with Gasteiger partial charge in [-0.25, -0.2) is 4.79 Å². The molecular weight excluding hydrogens is 382 g/mol. The fraction of sp³-hybridized carbons (Fsp3) is 0.550. The van der Waals surface area contributed by atoms with E-state index in [2.05, 4.69) is 16.2 Å². The summed E-state index contributed by atoms with van der Waals surface area (Å²) in [5.74, 6) is -0.691. The Balaban J connectivity index is 1.68. The molecule has 0 unspecified atom stereocenters. The Labute approximate surface area is 170 Å². The zero-order valence-electron chi connectivity index (χ0n) is 16.5. The van der Waals surface area contributed by atoms with E-state index in [1.807, 2.05) is 20.8 Å². The number of benzene rings is 1. The minimum absolute atomic E-state index is 0.00149. The Hall–Kier alpha value is -2.28. The molecule has 154 valence electrons. The van der Waals surface area contributed by atoms with Crippen LogP contribution in [0.4, 0.5) is 4.79 Å². The highest BCUT2D eigenvalue weighted by Crippen LogP contribution is 2.24. The molecule has 0 aromatic heterocycles. The molecule has 0 spiro atoms. The second-order valence-corrected chi connectivity index (χ2v) is 8.47. The van der Waals surface area contributed by atoms with Gasteiger partial charge in [0.15, 0.2) is 0 Å². The second kappa shape index (κ2) is 9.78. The van der Waals surface area contributed by atoms with Gasteiger partial charge in [-0.1, -0.05) is 23.7 Å². The number of alkyl carbamates (subject to hydrolysis) is 1. The molecule has 1 fully saturated rings. The fourth-order valence-corrected chi connectivity index (χ4v) is 3.17. The number of hydrogen-bond donors (Lipinski definition) is 3. The van der Waals surface area contributed by atoms with Crippen molar-refractivity contribution >= 4 is 29.5 Å². The van der Waals surface area contributed by atoms with Gasteiger partial charge in [0, 0.05) is 17.0 Å². The number of ether oxygens (including phenoxy) is 1. The predicted octanol–water partition coefficient (Wildman–Crippen LogP) is 3.11. The van der Waals surface area contributed by atoms with Gasteiger partial charge in [0.25, 0.3) is 0 Å². The van der Waals surface area contributed by atoms with Crippen LogP contribution in [0.5, 0.6) is 0 Å². The van der Waals surface area contributed by atoms with Crippen molar-refractivity contribution in [2.75, 3.05) is 0 Å². The van der Waals surface area contributed by atoms with Gasteiger partial charge in [0.05, 0.1) is 6.42 Å². The Kier molecular flexibility index (Phi) is 7.69. The molecule has 1 aromatic rings. The highest BCUT2D eigenvalue weighted by molar-refractivity contribution is 6.30. The van der Waals surface area contributed by atoms with Crippen LogP contribution >= 0.6 is 11.6 Å². The van der Waals surface area contributed by atoms with Gasteiger partial charge in [0.2, 0.25) is 11.8 Å². The average Bonchev–Trinajstić information content (AvgIpc) is 2.60. The lowest BCUT2D eigenvalue weighted by molar-refractivity contribution is -0.131. The first-order valence-corrected chi connectivity index (χ1v) is 9.83. The summed E-state index contributed by atoms with van der Waals surface area (Å²) >= 11 is 5.82. The molecule has 0 saturated heterocycles. The van der Waals surface area contributed by atoms with E-state index < -0.39 is 11.7 Å². The normalized spacial score (nSPS) is 19.4. The van der Waals surface area contributed by atoms with E-state index in [1.54, 1.807) is 24.3 Å². The van der Waals surface area contributed by atoms with E-state index in [0.717, 1.165) is 5.56 Å². The molecule has 1 saturated carbocycles. The Bertz CT molecular complexity index is 692. The number of carbonyl (C=O) groups is 3. The van der Waals surface area contributed by atoms with Gasteiger partial charge in [-0.15, -0.1) is 0 Å². The van der Waals surface area contributed by atoms with Crippen LogP contribution < -0.4 is 16.2 Å². The summed E-state index contributed by atoms with van der Waals surface area (Å²) in [6.07, 6.45) is 2.38. The number of amides is 3. The van der Waals surface area contributed by atoms with Gasteiger partial charge < -0.3 is 10.1 Å². The average molecular weight is 410 g/mol. The van der Waals surface area contributed by atoms with Gasteiger partial charge in [0.1, 0.15) is 5.60 Å². The van der Waals surface area contributed by atoms with E-state index in [-0.39, 0.29) is 30.2 Å². The van der Waals surface area contributed by atoms with Crippen molar-refractivity contribution in [3.63, 3.8) is 0 Å². The third-order valence-electron chi connectivity index (χ3n) is 4.42. The van der Waals surface area contributed by atoms with Crippen LogP contribution in [0, 0.1) is 5.92 Å². The SMILES string of the molecule is CC(C)(C)OC(=O)NC1CCC(C(=O)NNC(=O)Cc2ccc(Cl)cc2)CC1. The molecule has 1 aliphatic rings. The number of carbonyl (C=O) groups excluding carboxylic acids is 3. The molecule has 1 aliphatic carbocycles. The first-order valence-electron chi connectivity index (χ1n) is 9.45. The first kappa shape index (κ1) is 22.0. The van der Waals surface area contributed by atoms with Crippen molar-refractivity contribution in [2.24, 2.45) is 5.92 Å². The topological polar surface area (TPSA) is 96.5 Å². The molecule has 0 bridgehead atoms. The minimum Gasteiger partial charge on any atom is -0.444 e. The summed E-state index contributed by atoms with van der Waals surface area (Å²) in [4.78, 5) is 36.0. The minimum atomic E-state index is -0.536. The van der Waals surface area contributed by atoms with E-state index in [1.165, 1.54) is 0 Å². The highest BCUT2D eigenvalue weighted by Gasteiger charge is 2.28. The molecule has 28 heavy (non-hydrogen) atoms. The zero-order chi connectivity index (χ0) is 20.7. The van der Waals surface area contributed by atoms with Gasteiger partial charge in [-0.3, -0.25) is 20.4 Å².